The van der Waals surface area contributed by atoms with E-state index in [-0.39, 0.29) is 0 Å². The molecule has 0 fully saturated rings. The molecule has 3 nitrogen and oxygen atoms in total. The smallest absolute Gasteiger partial charge is 0.213 e. The van der Waals surface area contributed by atoms with Gasteiger partial charge in [-0.1, -0.05) is 28.1 Å². The molecule has 0 unspecified atom stereocenters. The Labute approximate surface area is 105 Å². The zero-order valence-corrected chi connectivity index (χ0v) is 10.4. The monoisotopic (exact) mass is 285 g/mol. The van der Waals surface area contributed by atoms with Gasteiger partial charge in [0.1, 0.15) is 0 Å². The van der Waals surface area contributed by atoms with Gasteiger partial charge in [0.25, 0.3) is 0 Å². The standard InChI is InChI=1S/C13H8BrN3/c14-8-5-6-10-12(7-8)17-11-4-2-1-3-9(11)15-13(17)16-10/h1-7H,(H,15,16). The van der Waals surface area contributed by atoms with Crippen molar-refractivity contribution >= 4 is 43.8 Å². The second-order valence-electron chi connectivity index (χ2n) is 4.05. The molecule has 0 spiro atoms. The van der Waals surface area contributed by atoms with Crippen LogP contribution < -0.4 is 0 Å². The molecule has 0 aliphatic carbocycles. The molecule has 0 radical (unpaired) electrons. The predicted molar refractivity (Wildman–Crippen MR) is 72.3 cm³/mol. The lowest BCUT2D eigenvalue weighted by atomic mass is 10.3. The van der Waals surface area contributed by atoms with Crippen LogP contribution in [0.5, 0.6) is 0 Å². The largest absolute Gasteiger partial charge is 0.323 e. The highest BCUT2D eigenvalue weighted by Crippen LogP contribution is 2.25. The maximum atomic E-state index is 4.57. The normalized spacial score (nSPS) is 11.8. The minimum absolute atomic E-state index is 0.888. The molecule has 1 N–H and O–H groups in total. The van der Waals surface area contributed by atoms with Crippen molar-refractivity contribution in [2.75, 3.05) is 0 Å². The number of nitrogens with one attached hydrogen (secondary N) is 1. The third-order valence-corrected chi connectivity index (χ3v) is 3.50. The van der Waals surface area contributed by atoms with E-state index in [1.165, 1.54) is 0 Å². The lowest BCUT2D eigenvalue weighted by Gasteiger charge is -1.94. The van der Waals surface area contributed by atoms with E-state index in [0.29, 0.717) is 0 Å². The summed E-state index contributed by atoms with van der Waals surface area (Å²) in [6, 6.07) is 14.3. The number of rotatable bonds is 0. The average molecular weight is 286 g/mol. The highest BCUT2D eigenvalue weighted by atomic mass is 79.9. The predicted octanol–water partition coefficient (Wildman–Crippen LogP) is 3.73. The SMILES string of the molecule is Brc1ccc2[nH]c3nc4ccccc4n3c2c1. The Morgan fingerprint density at radius 3 is 2.88 bits per heavy atom. The van der Waals surface area contributed by atoms with E-state index in [1.807, 2.05) is 24.3 Å². The molecule has 4 heteroatoms. The van der Waals surface area contributed by atoms with Crippen molar-refractivity contribution in [2.45, 2.75) is 0 Å². The van der Waals surface area contributed by atoms with Crippen molar-refractivity contribution in [3.63, 3.8) is 0 Å². The summed E-state index contributed by atoms with van der Waals surface area (Å²) in [4.78, 5) is 7.90. The van der Waals surface area contributed by atoms with Crippen LogP contribution in [-0.4, -0.2) is 14.4 Å². The van der Waals surface area contributed by atoms with E-state index in [2.05, 4.69) is 48.5 Å². The maximum Gasteiger partial charge on any atom is 0.213 e. The first-order chi connectivity index (χ1) is 8.33. The number of fused-ring (bicyclic) bond motifs is 5. The molecule has 0 bridgehead atoms. The van der Waals surface area contributed by atoms with Crippen LogP contribution in [0.4, 0.5) is 0 Å². The summed E-state index contributed by atoms with van der Waals surface area (Å²) >= 11 is 3.51. The number of para-hydroxylation sites is 2. The Bertz CT molecular complexity index is 857. The molecule has 0 amide bonds. The molecular formula is C13H8BrN3. The lowest BCUT2D eigenvalue weighted by molar-refractivity contribution is 1.28. The first-order valence-corrected chi connectivity index (χ1v) is 6.17. The van der Waals surface area contributed by atoms with Gasteiger partial charge in [0.15, 0.2) is 0 Å². The lowest BCUT2D eigenvalue weighted by Crippen LogP contribution is -1.79. The van der Waals surface area contributed by atoms with E-state index in [0.717, 1.165) is 32.3 Å². The molecule has 0 aliphatic rings. The van der Waals surface area contributed by atoms with Gasteiger partial charge >= 0.3 is 0 Å². The van der Waals surface area contributed by atoms with E-state index in [4.69, 9.17) is 0 Å². The Hall–Kier alpha value is -1.81. The Morgan fingerprint density at radius 1 is 1.06 bits per heavy atom. The number of aromatic nitrogens is 3. The number of H-pyrrole nitrogens is 1. The fourth-order valence-corrected chi connectivity index (χ4v) is 2.62. The molecule has 0 saturated carbocycles. The van der Waals surface area contributed by atoms with Gasteiger partial charge in [-0.2, -0.15) is 0 Å². The molecule has 2 aromatic heterocycles. The van der Waals surface area contributed by atoms with Crippen LogP contribution in [0.25, 0.3) is 27.8 Å². The third-order valence-electron chi connectivity index (χ3n) is 3.01. The Kier molecular flexibility index (Phi) is 1.69. The summed E-state index contributed by atoms with van der Waals surface area (Å²) in [5.74, 6) is 0.888. The first kappa shape index (κ1) is 9.24. The topological polar surface area (TPSA) is 33.1 Å². The van der Waals surface area contributed by atoms with Crippen LogP contribution in [-0.2, 0) is 0 Å². The van der Waals surface area contributed by atoms with Gasteiger partial charge in [-0.15, -0.1) is 0 Å². The molecule has 4 rings (SSSR count). The summed E-state index contributed by atoms with van der Waals surface area (Å²) in [7, 11) is 0. The fourth-order valence-electron chi connectivity index (χ4n) is 2.27. The van der Waals surface area contributed by atoms with Crippen molar-refractivity contribution < 1.29 is 0 Å². The van der Waals surface area contributed by atoms with Gasteiger partial charge < -0.3 is 4.98 Å². The maximum absolute atomic E-state index is 4.57. The van der Waals surface area contributed by atoms with Crippen LogP contribution in [0.1, 0.15) is 0 Å². The van der Waals surface area contributed by atoms with Gasteiger partial charge in [0, 0.05) is 4.47 Å². The fraction of sp³-hybridized carbons (Fsp3) is 0. The van der Waals surface area contributed by atoms with Crippen LogP contribution in [0.3, 0.4) is 0 Å². The van der Waals surface area contributed by atoms with Crippen molar-refractivity contribution in [2.24, 2.45) is 0 Å². The van der Waals surface area contributed by atoms with Crippen molar-refractivity contribution in [3.05, 3.63) is 46.9 Å². The number of hydrogen-bond acceptors (Lipinski definition) is 1. The van der Waals surface area contributed by atoms with Crippen LogP contribution >= 0.6 is 15.9 Å². The van der Waals surface area contributed by atoms with Gasteiger partial charge in [0.05, 0.1) is 22.1 Å². The molecule has 82 valence electrons. The molecular weight excluding hydrogens is 278 g/mol. The molecule has 0 aliphatic heterocycles. The van der Waals surface area contributed by atoms with Crippen LogP contribution in [0.2, 0.25) is 0 Å². The van der Waals surface area contributed by atoms with E-state index < -0.39 is 0 Å². The highest BCUT2D eigenvalue weighted by Gasteiger charge is 2.09. The van der Waals surface area contributed by atoms with Gasteiger partial charge in [-0.25, -0.2) is 4.98 Å². The number of imidazole rings is 2. The number of benzene rings is 2. The van der Waals surface area contributed by atoms with E-state index in [1.54, 1.807) is 0 Å². The molecule has 0 saturated heterocycles. The van der Waals surface area contributed by atoms with Crippen molar-refractivity contribution in [1.29, 1.82) is 0 Å². The minimum atomic E-state index is 0.888. The van der Waals surface area contributed by atoms with Crippen molar-refractivity contribution in [3.8, 4) is 0 Å². The first-order valence-electron chi connectivity index (χ1n) is 5.37. The summed E-state index contributed by atoms with van der Waals surface area (Å²) in [6.45, 7) is 0. The van der Waals surface area contributed by atoms with E-state index >= 15 is 0 Å². The molecule has 17 heavy (non-hydrogen) atoms. The summed E-state index contributed by atoms with van der Waals surface area (Å²) < 4.78 is 3.22. The number of nitrogens with zero attached hydrogens (tertiary/aromatic N) is 2. The highest BCUT2D eigenvalue weighted by molar-refractivity contribution is 9.10. The average Bonchev–Trinajstić information content (AvgIpc) is 2.84. The van der Waals surface area contributed by atoms with Gasteiger partial charge in [0.2, 0.25) is 5.78 Å². The molecule has 2 aromatic carbocycles. The minimum Gasteiger partial charge on any atom is -0.323 e. The Morgan fingerprint density at radius 2 is 1.94 bits per heavy atom. The van der Waals surface area contributed by atoms with Gasteiger partial charge in [-0.05, 0) is 30.3 Å². The quantitative estimate of drug-likeness (QED) is 0.525. The second-order valence-corrected chi connectivity index (χ2v) is 4.96. The van der Waals surface area contributed by atoms with Crippen LogP contribution in [0, 0.1) is 0 Å². The Balaban J connectivity index is 2.33. The summed E-state index contributed by atoms with van der Waals surface area (Å²) in [6.07, 6.45) is 0. The summed E-state index contributed by atoms with van der Waals surface area (Å²) in [5.41, 5.74) is 4.39. The number of aromatic amines is 1. The zero-order valence-electron chi connectivity index (χ0n) is 8.81. The summed E-state index contributed by atoms with van der Waals surface area (Å²) in [5, 5.41) is 0. The molecule has 0 atom stereocenters. The second kappa shape index (κ2) is 3.11. The third kappa shape index (κ3) is 1.18. The molecule has 2 heterocycles. The zero-order chi connectivity index (χ0) is 11.4. The number of halogens is 1. The van der Waals surface area contributed by atoms with Gasteiger partial charge in [-0.3, -0.25) is 4.40 Å². The molecule has 4 aromatic rings. The van der Waals surface area contributed by atoms with E-state index in [9.17, 15) is 0 Å². The van der Waals surface area contributed by atoms with Crippen LogP contribution in [0.15, 0.2) is 46.9 Å². The number of hydrogen-bond donors (Lipinski definition) is 1. The van der Waals surface area contributed by atoms with Crippen molar-refractivity contribution in [1.82, 2.24) is 14.4 Å².